The fourth-order valence-electron chi connectivity index (χ4n) is 2.31. The van der Waals surface area contributed by atoms with Gasteiger partial charge in [0.1, 0.15) is 23.7 Å². The maximum absolute atomic E-state index is 11.8. The van der Waals surface area contributed by atoms with Gasteiger partial charge in [0.25, 0.3) is 5.91 Å². The molecule has 1 amide bonds. The van der Waals surface area contributed by atoms with Gasteiger partial charge in [0, 0.05) is 0 Å². The second-order valence-corrected chi connectivity index (χ2v) is 5.40. The molecule has 0 aliphatic heterocycles. The number of nitrogens with one attached hydrogen (secondary N) is 1. The van der Waals surface area contributed by atoms with Crippen molar-refractivity contribution in [1.29, 1.82) is 0 Å². The summed E-state index contributed by atoms with van der Waals surface area (Å²) in [6.45, 7) is 3.92. The van der Waals surface area contributed by atoms with E-state index in [-0.39, 0.29) is 29.7 Å². The number of amides is 1. The Morgan fingerprint density at radius 3 is 2.76 bits per heavy atom. The average molecular weight is 350 g/mol. The first-order valence-electron chi connectivity index (χ1n) is 7.46. The first-order chi connectivity index (χ1) is 11.8. The number of aromatic nitrogens is 2. The largest absolute Gasteiger partial charge is 0.467 e. The van der Waals surface area contributed by atoms with Crippen LogP contribution in [0, 0.1) is 24.0 Å². The Morgan fingerprint density at radius 1 is 1.48 bits per heavy atom. The summed E-state index contributed by atoms with van der Waals surface area (Å²) in [6, 6.07) is 3.05. The Morgan fingerprint density at radius 2 is 2.20 bits per heavy atom. The summed E-state index contributed by atoms with van der Waals surface area (Å²) in [5.41, 5.74) is 0.313. The van der Waals surface area contributed by atoms with E-state index in [2.05, 4.69) is 10.4 Å². The molecule has 0 spiro atoms. The second-order valence-electron chi connectivity index (χ2n) is 5.40. The number of rotatable bonds is 7. The second kappa shape index (κ2) is 7.60. The van der Waals surface area contributed by atoms with E-state index in [1.165, 1.54) is 24.8 Å². The molecule has 0 radical (unpaired) electrons. The van der Waals surface area contributed by atoms with Crippen LogP contribution in [0.1, 0.15) is 30.1 Å². The molecule has 2 heterocycles. The van der Waals surface area contributed by atoms with Crippen LogP contribution in [0.3, 0.4) is 0 Å². The number of furan rings is 1. The smallest absolute Gasteiger partial charge is 0.328 e. The lowest BCUT2D eigenvalue weighted by Crippen LogP contribution is -2.31. The Bertz CT molecular complexity index is 780. The van der Waals surface area contributed by atoms with E-state index >= 15 is 0 Å². The summed E-state index contributed by atoms with van der Waals surface area (Å²) in [6.07, 6.45) is 1.49. The number of nitrogens with zero attached hydrogens (tertiary/aromatic N) is 3. The van der Waals surface area contributed by atoms with Crippen LogP contribution in [-0.4, -0.2) is 33.2 Å². The molecule has 2 rings (SSSR count). The van der Waals surface area contributed by atoms with Crippen molar-refractivity contribution in [2.75, 3.05) is 6.61 Å². The van der Waals surface area contributed by atoms with Crippen LogP contribution in [-0.2, 0) is 20.9 Å². The minimum absolute atomic E-state index is 0.141. The molecule has 2 aromatic heterocycles. The van der Waals surface area contributed by atoms with Gasteiger partial charge in [-0.3, -0.25) is 24.4 Å². The number of hydrogen-bond donors (Lipinski definition) is 1. The summed E-state index contributed by atoms with van der Waals surface area (Å²) in [7, 11) is 0. The van der Waals surface area contributed by atoms with Crippen molar-refractivity contribution < 1.29 is 23.7 Å². The average Bonchev–Trinajstić information content (AvgIpc) is 3.14. The van der Waals surface area contributed by atoms with Crippen LogP contribution < -0.4 is 5.32 Å². The van der Waals surface area contributed by atoms with Gasteiger partial charge in [0.05, 0.1) is 17.2 Å². The number of hydrogen-bond acceptors (Lipinski definition) is 7. The highest BCUT2D eigenvalue weighted by molar-refractivity contribution is 5.80. The molecule has 10 nitrogen and oxygen atoms in total. The maximum Gasteiger partial charge on any atom is 0.328 e. The van der Waals surface area contributed by atoms with Crippen LogP contribution in [0.25, 0.3) is 0 Å². The zero-order chi connectivity index (χ0) is 18.6. The number of carbonyl (C=O) groups is 2. The van der Waals surface area contributed by atoms with Gasteiger partial charge >= 0.3 is 11.7 Å². The topological polar surface area (TPSA) is 130 Å². The Kier molecular flexibility index (Phi) is 5.52. The van der Waals surface area contributed by atoms with Gasteiger partial charge in [-0.05, 0) is 32.9 Å². The number of nitro groups is 1. The molecule has 0 saturated carbocycles. The zero-order valence-corrected chi connectivity index (χ0v) is 14.0. The highest BCUT2D eigenvalue weighted by atomic mass is 16.6. The molecule has 0 saturated heterocycles. The summed E-state index contributed by atoms with van der Waals surface area (Å²) in [5, 5.41) is 17.5. The van der Waals surface area contributed by atoms with E-state index in [0.717, 1.165) is 0 Å². The lowest BCUT2D eigenvalue weighted by atomic mass is 10.2. The van der Waals surface area contributed by atoms with E-state index in [4.69, 9.17) is 9.15 Å². The van der Waals surface area contributed by atoms with Crippen molar-refractivity contribution in [1.82, 2.24) is 15.1 Å². The minimum atomic E-state index is -0.721. The first-order valence-corrected chi connectivity index (χ1v) is 7.46. The third kappa shape index (κ3) is 4.43. The number of ether oxygens (including phenoxy) is 1. The van der Waals surface area contributed by atoms with E-state index in [9.17, 15) is 19.7 Å². The summed E-state index contributed by atoms with van der Waals surface area (Å²) in [4.78, 5) is 34.0. The highest BCUT2D eigenvalue weighted by Gasteiger charge is 2.23. The Hall–Kier alpha value is -3.17. The quantitative estimate of drug-likeness (QED) is 0.454. The molecule has 10 heteroatoms. The van der Waals surface area contributed by atoms with E-state index < -0.39 is 23.4 Å². The molecule has 0 aliphatic rings. The van der Waals surface area contributed by atoms with E-state index in [0.29, 0.717) is 5.76 Å². The van der Waals surface area contributed by atoms with Gasteiger partial charge in [-0.2, -0.15) is 5.10 Å². The Labute approximate surface area is 142 Å². The predicted molar refractivity (Wildman–Crippen MR) is 84.6 cm³/mol. The van der Waals surface area contributed by atoms with Crippen LogP contribution in [0.5, 0.6) is 0 Å². The fourth-order valence-corrected chi connectivity index (χ4v) is 2.31. The van der Waals surface area contributed by atoms with Crippen LogP contribution in [0.4, 0.5) is 5.69 Å². The van der Waals surface area contributed by atoms with Crippen molar-refractivity contribution in [2.45, 2.75) is 33.4 Å². The van der Waals surface area contributed by atoms with Gasteiger partial charge in [-0.25, -0.2) is 0 Å². The molecule has 0 bridgehead atoms. The maximum atomic E-state index is 11.8. The molecule has 0 fully saturated rings. The van der Waals surface area contributed by atoms with Gasteiger partial charge in [-0.15, -0.1) is 0 Å². The van der Waals surface area contributed by atoms with Crippen molar-refractivity contribution >= 4 is 17.6 Å². The fraction of sp³-hybridized carbons (Fsp3) is 0.400. The molecule has 0 aliphatic carbocycles. The van der Waals surface area contributed by atoms with Gasteiger partial charge in [-0.1, -0.05) is 0 Å². The van der Waals surface area contributed by atoms with Crippen molar-refractivity contribution in [3.63, 3.8) is 0 Å². The summed E-state index contributed by atoms with van der Waals surface area (Å²) in [5.74, 6) is -0.632. The number of carbonyl (C=O) groups excluding carboxylic acids is 2. The van der Waals surface area contributed by atoms with Gasteiger partial charge < -0.3 is 14.5 Å². The summed E-state index contributed by atoms with van der Waals surface area (Å²) < 4.78 is 11.2. The minimum Gasteiger partial charge on any atom is -0.467 e. The molecule has 134 valence electrons. The molecule has 1 N–H and O–H groups in total. The monoisotopic (exact) mass is 350 g/mol. The van der Waals surface area contributed by atoms with E-state index in [1.54, 1.807) is 19.1 Å². The van der Waals surface area contributed by atoms with Crippen LogP contribution in [0.15, 0.2) is 22.8 Å². The lowest BCUT2D eigenvalue weighted by molar-refractivity contribution is -0.386. The Balaban J connectivity index is 1.86. The van der Waals surface area contributed by atoms with Gasteiger partial charge in [0.15, 0.2) is 6.61 Å². The van der Waals surface area contributed by atoms with Crippen LogP contribution >= 0.6 is 0 Å². The molecule has 0 aromatic carbocycles. The molecule has 25 heavy (non-hydrogen) atoms. The lowest BCUT2D eigenvalue weighted by Gasteiger charge is -2.11. The SMILES string of the molecule is Cc1nn(CC(=O)OCC(=O)N[C@H](C)c2ccco2)c(C)c1[N+](=O)[O-]. The highest BCUT2D eigenvalue weighted by Crippen LogP contribution is 2.21. The third-order valence-corrected chi connectivity index (χ3v) is 3.52. The number of esters is 1. The zero-order valence-electron chi connectivity index (χ0n) is 14.0. The normalized spacial score (nSPS) is 11.8. The number of aryl methyl sites for hydroxylation is 1. The first kappa shape index (κ1) is 18.2. The molecule has 1 atom stereocenters. The van der Waals surface area contributed by atoms with E-state index in [1.807, 2.05) is 0 Å². The van der Waals surface area contributed by atoms with Crippen molar-refractivity contribution in [2.24, 2.45) is 0 Å². The third-order valence-electron chi connectivity index (χ3n) is 3.52. The molecule has 2 aromatic rings. The van der Waals surface area contributed by atoms with Crippen LogP contribution in [0.2, 0.25) is 0 Å². The van der Waals surface area contributed by atoms with Crippen molar-refractivity contribution in [3.05, 3.63) is 45.7 Å². The predicted octanol–water partition coefficient (Wildman–Crippen LogP) is 1.42. The molecular formula is C15H18N4O6. The molecule has 0 unspecified atom stereocenters. The standard InChI is InChI=1S/C15H18N4O6/c1-9(12-5-4-6-24-12)16-13(20)8-25-14(21)7-18-11(3)15(19(22)23)10(2)17-18/h4-6,9H,7-8H2,1-3H3,(H,16,20)/t9-/m1/s1. The van der Waals surface area contributed by atoms with Gasteiger partial charge in [0.2, 0.25) is 0 Å². The van der Waals surface area contributed by atoms with Crippen molar-refractivity contribution in [3.8, 4) is 0 Å². The molecular weight excluding hydrogens is 332 g/mol. The summed E-state index contributed by atoms with van der Waals surface area (Å²) >= 11 is 0.